The van der Waals surface area contributed by atoms with Crippen molar-refractivity contribution >= 4 is 28.0 Å². The van der Waals surface area contributed by atoms with Crippen molar-refractivity contribution in [2.75, 3.05) is 20.3 Å². The minimum absolute atomic E-state index is 0. The molecular formula is C24H26BrN3O3. The molecule has 162 valence electrons. The lowest BCUT2D eigenvalue weighted by atomic mass is 10.3. The molecule has 0 atom stereocenters. The first-order valence-electron chi connectivity index (χ1n) is 9.94. The van der Waals surface area contributed by atoms with Crippen LogP contribution in [-0.2, 0) is 13.1 Å². The maximum atomic E-state index is 8.71. The van der Waals surface area contributed by atoms with Gasteiger partial charge in [-0.15, -0.1) is 17.0 Å². The lowest BCUT2D eigenvalue weighted by molar-refractivity contribution is 0.276. The largest absolute Gasteiger partial charge is 0.493 e. The molecule has 1 aromatic heterocycles. The van der Waals surface area contributed by atoms with Crippen LogP contribution < -0.4 is 19.8 Å². The average Bonchev–Trinajstić information content (AvgIpc) is 3.06. The third-order valence-electron chi connectivity index (χ3n) is 4.94. The Morgan fingerprint density at radius 2 is 1.19 bits per heavy atom. The molecule has 0 aliphatic rings. The maximum absolute atomic E-state index is 8.71. The van der Waals surface area contributed by atoms with Crippen LogP contribution >= 0.6 is 17.0 Å². The first-order valence-corrected chi connectivity index (χ1v) is 9.94. The van der Waals surface area contributed by atoms with Crippen LogP contribution in [0.1, 0.15) is 0 Å². The summed E-state index contributed by atoms with van der Waals surface area (Å²) in [5.74, 6) is 2.24. The number of nitrogens with one attached hydrogen (secondary N) is 1. The number of halogens is 1. The molecule has 0 fully saturated rings. The first kappa shape index (κ1) is 22.5. The van der Waals surface area contributed by atoms with Crippen molar-refractivity contribution < 1.29 is 14.2 Å². The fraction of sp³-hybridized carbons (Fsp3) is 0.208. The van der Waals surface area contributed by atoms with Crippen molar-refractivity contribution in [3.8, 4) is 17.2 Å². The van der Waals surface area contributed by atoms with Gasteiger partial charge in [0, 0.05) is 0 Å². The average molecular weight is 484 g/mol. The Hall–Kier alpha value is -3.19. The number of imidazole rings is 1. The highest BCUT2D eigenvalue weighted by Crippen LogP contribution is 2.25. The van der Waals surface area contributed by atoms with Crippen LogP contribution in [0.25, 0.3) is 11.0 Å². The van der Waals surface area contributed by atoms with Crippen molar-refractivity contribution in [2.45, 2.75) is 13.1 Å². The number of nitrogens with zero attached hydrogens (tertiary/aromatic N) is 2. The molecule has 0 amide bonds. The summed E-state index contributed by atoms with van der Waals surface area (Å²) in [7, 11) is 1.63. The zero-order chi connectivity index (χ0) is 20.8. The molecule has 0 saturated heterocycles. The Balaban J connectivity index is 0.00000272. The number of rotatable bonds is 9. The molecular weight excluding hydrogens is 458 g/mol. The standard InChI is InChI=1S/C24H25N3O3.BrH/c1-28-22-13-7-8-14-23(22)30-18-16-27-21-12-6-5-11-20(21)26(24(27)25)15-17-29-19-9-3-2-4-10-19;/h2-14,25H,15-18H2,1H3;1H. The van der Waals surface area contributed by atoms with Crippen molar-refractivity contribution in [3.05, 3.63) is 84.5 Å². The third-order valence-corrected chi connectivity index (χ3v) is 4.94. The van der Waals surface area contributed by atoms with Gasteiger partial charge in [0.1, 0.15) is 19.0 Å². The molecule has 0 aliphatic heterocycles. The Labute approximate surface area is 191 Å². The van der Waals surface area contributed by atoms with Gasteiger partial charge in [0.15, 0.2) is 11.5 Å². The molecule has 1 heterocycles. The molecule has 0 saturated carbocycles. The van der Waals surface area contributed by atoms with Gasteiger partial charge in [-0.1, -0.05) is 42.5 Å². The Morgan fingerprint density at radius 3 is 1.81 bits per heavy atom. The number of benzene rings is 3. The summed E-state index contributed by atoms with van der Waals surface area (Å²) in [5.41, 5.74) is 2.44. The SMILES string of the molecule is Br.COc1ccccc1OCCn1c(=N)n(CCOc2ccccc2)c2ccccc21. The fourth-order valence-corrected chi connectivity index (χ4v) is 3.50. The smallest absolute Gasteiger partial charge is 0.203 e. The van der Waals surface area contributed by atoms with Gasteiger partial charge in [-0.05, 0) is 36.4 Å². The number of aromatic nitrogens is 2. The summed E-state index contributed by atoms with van der Waals surface area (Å²) in [6.45, 7) is 2.08. The highest BCUT2D eigenvalue weighted by atomic mass is 79.9. The predicted molar refractivity (Wildman–Crippen MR) is 127 cm³/mol. The molecule has 6 nitrogen and oxygen atoms in total. The Kier molecular flexibility index (Phi) is 7.78. The van der Waals surface area contributed by atoms with E-state index in [4.69, 9.17) is 19.6 Å². The van der Waals surface area contributed by atoms with Gasteiger partial charge in [0.25, 0.3) is 0 Å². The molecule has 4 rings (SSSR count). The van der Waals surface area contributed by atoms with E-state index >= 15 is 0 Å². The van der Waals surface area contributed by atoms with Crippen molar-refractivity contribution in [1.82, 2.24) is 9.13 Å². The summed E-state index contributed by atoms with van der Waals surface area (Å²) < 4.78 is 21.0. The normalized spacial score (nSPS) is 10.5. The van der Waals surface area contributed by atoms with E-state index in [1.165, 1.54) is 0 Å². The molecule has 0 aliphatic carbocycles. The summed E-state index contributed by atoms with van der Waals surface area (Å²) in [5, 5.41) is 8.71. The van der Waals surface area contributed by atoms with E-state index in [1.54, 1.807) is 7.11 Å². The number of fused-ring (bicyclic) bond motifs is 1. The van der Waals surface area contributed by atoms with Gasteiger partial charge in [-0.2, -0.15) is 0 Å². The number of para-hydroxylation sites is 5. The van der Waals surface area contributed by atoms with E-state index in [0.29, 0.717) is 43.4 Å². The third kappa shape index (κ3) is 5.11. The maximum Gasteiger partial charge on any atom is 0.203 e. The van der Waals surface area contributed by atoms with Crippen LogP contribution in [0.15, 0.2) is 78.9 Å². The second kappa shape index (κ2) is 10.7. The van der Waals surface area contributed by atoms with Gasteiger partial charge >= 0.3 is 0 Å². The Bertz CT molecular complexity index is 1170. The summed E-state index contributed by atoms with van der Waals surface area (Å²) in [6, 6.07) is 25.4. The molecule has 0 radical (unpaired) electrons. The molecule has 1 N–H and O–H groups in total. The molecule has 0 spiro atoms. The van der Waals surface area contributed by atoms with Crippen LogP contribution in [0, 0.1) is 5.41 Å². The van der Waals surface area contributed by atoms with E-state index in [-0.39, 0.29) is 17.0 Å². The fourth-order valence-electron chi connectivity index (χ4n) is 3.50. The van der Waals surface area contributed by atoms with Crippen LogP contribution in [0.5, 0.6) is 17.2 Å². The minimum atomic E-state index is 0. The van der Waals surface area contributed by atoms with Crippen LogP contribution in [0.2, 0.25) is 0 Å². The van der Waals surface area contributed by atoms with Crippen LogP contribution in [0.3, 0.4) is 0 Å². The van der Waals surface area contributed by atoms with Crippen molar-refractivity contribution in [1.29, 1.82) is 5.41 Å². The van der Waals surface area contributed by atoms with E-state index in [9.17, 15) is 0 Å². The number of methoxy groups -OCH3 is 1. The monoisotopic (exact) mass is 483 g/mol. The van der Waals surface area contributed by atoms with Crippen molar-refractivity contribution in [3.63, 3.8) is 0 Å². The van der Waals surface area contributed by atoms with Gasteiger partial charge < -0.3 is 23.3 Å². The molecule has 0 unspecified atom stereocenters. The van der Waals surface area contributed by atoms with Gasteiger partial charge in [0.2, 0.25) is 5.62 Å². The molecule has 7 heteroatoms. The predicted octanol–water partition coefficient (Wildman–Crippen LogP) is 4.67. The topological polar surface area (TPSA) is 61.4 Å². The van der Waals surface area contributed by atoms with E-state index in [2.05, 4.69) is 0 Å². The first-order chi connectivity index (χ1) is 14.8. The quantitative estimate of drug-likeness (QED) is 0.376. The lowest BCUT2D eigenvalue weighted by Gasteiger charge is -2.11. The van der Waals surface area contributed by atoms with E-state index < -0.39 is 0 Å². The molecule has 0 bridgehead atoms. The molecule has 3 aromatic carbocycles. The Morgan fingerprint density at radius 1 is 0.677 bits per heavy atom. The van der Waals surface area contributed by atoms with Gasteiger partial charge in [-0.3, -0.25) is 5.41 Å². The summed E-state index contributed by atoms with van der Waals surface area (Å²) >= 11 is 0. The van der Waals surface area contributed by atoms with E-state index in [0.717, 1.165) is 16.8 Å². The zero-order valence-electron chi connectivity index (χ0n) is 17.4. The van der Waals surface area contributed by atoms with Crippen LogP contribution in [0.4, 0.5) is 0 Å². The highest BCUT2D eigenvalue weighted by molar-refractivity contribution is 8.93. The van der Waals surface area contributed by atoms with Gasteiger partial charge in [0.05, 0.1) is 31.2 Å². The van der Waals surface area contributed by atoms with Crippen molar-refractivity contribution in [2.24, 2.45) is 0 Å². The number of ether oxygens (including phenoxy) is 3. The highest BCUT2D eigenvalue weighted by Gasteiger charge is 2.11. The minimum Gasteiger partial charge on any atom is -0.493 e. The summed E-state index contributed by atoms with van der Waals surface area (Å²) in [4.78, 5) is 0. The second-order valence-corrected chi connectivity index (χ2v) is 6.78. The molecule has 4 aromatic rings. The zero-order valence-corrected chi connectivity index (χ0v) is 19.1. The van der Waals surface area contributed by atoms with Gasteiger partial charge in [-0.25, -0.2) is 0 Å². The number of hydrogen-bond donors (Lipinski definition) is 1. The van der Waals surface area contributed by atoms with Crippen LogP contribution in [-0.4, -0.2) is 29.5 Å². The molecule has 31 heavy (non-hydrogen) atoms. The second-order valence-electron chi connectivity index (χ2n) is 6.78. The lowest BCUT2D eigenvalue weighted by Crippen LogP contribution is -2.28. The van der Waals surface area contributed by atoms with E-state index in [1.807, 2.05) is 88.0 Å². The summed E-state index contributed by atoms with van der Waals surface area (Å²) in [6.07, 6.45) is 0. The number of hydrogen-bond acceptors (Lipinski definition) is 4.